The van der Waals surface area contributed by atoms with E-state index < -0.39 is 0 Å². The number of nitrogens with zero attached hydrogens (tertiary/aromatic N) is 4. The number of aliphatic hydroxyl groups is 1. The van der Waals surface area contributed by atoms with E-state index in [1.807, 2.05) is 24.3 Å². The van der Waals surface area contributed by atoms with Crippen molar-refractivity contribution in [2.24, 2.45) is 11.0 Å². The van der Waals surface area contributed by atoms with Gasteiger partial charge in [-0.15, -0.1) is 0 Å². The van der Waals surface area contributed by atoms with Gasteiger partial charge in [0.2, 0.25) is 0 Å². The fourth-order valence-electron chi connectivity index (χ4n) is 2.24. The summed E-state index contributed by atoms with van der Waals surface area (Å²) in [6.07, 6.45) is 0.819. The summed E-state index contributed by atoms with van der Waals surface area (Å²) in [5.41, 5.74) is 10.1. The van der Waals surface area contributed by atoms with Crippen LogP contribution in [0, 0.1) is 5.92 Å². The molecule has 1 aromatic rings. The summed E-state index contributed by atoms with van der Waals surface area (Å²) in [7, 11) is 0. The second-order valence-electron chi connectivity index (χ2n) is 4.92. The average molecular weight is 246 g/mol. The standard InChI is InChI=1S/C13H18N4O/c1-10-6-7-17(9-13(10)18)8-11-2-4-12(5-3-11)15-16-14/h2-5,10,13,18H,6-9H2,1H3. The molecule has 1 saturated heterocycles. The molecule has 1 N–H and O–H groups in total. The normalized spacial score (nSPS) is 24.6. The van der Waals surface area contributed by atoms with Gasteiger partial charge in [0.1, 0.15) is 0 Å². The molecule has 5 nitrogen and oxygen atoms in total. The third-order valence-corrected chi connectivity index (χ3v) is 3.51. The summed E-state index contributed by atoms with van der Waals surface area (Å²) in [5.74, 6) is 0.397. The molecule has 2 unspecified atom stereocenters. The van der Waals surface area contributed by atoms with Gasteiger partial charge >= 0.3 is 0 Å². The number of piperidine rings is 1. The minimum Gasteiger partial charge on any atom is -0.392 e. The monoisotopic (exact) mass is 246 g/mol. The van der Waals surface area contributed by atoms with Crippen molar-refractivity contribution in [2.75, 3.05) is 13.1 Å². The molecule has 2 rings (SSSR count). The number of aliphatic hydroxyl groups excluding tert-OH is 1. The van der Waals surface area contributed by atoms with Gasteiger partial charge in [-0.2, -0.15) is 0 Å². The molecule has 2 atom stereocenters. The summed E-state index contributed by atoms with van der Waals surface area (Å²) >= 11 is 0. The Labute approximate surface area is 107 Å². The van der Waals surface area contributed by atoms with Crippen LogP contribution in [0.5, 0.6) is 0 Å². The molecule has 18 heavy (non-hydrogen) atoms. The third kappa shape index (κ3) is 3.23. The van der Waals surface area contributed by atoms with Crippen molar-refractivity contribution in [1.82, 2.24) is 4.90 Å². The van der Waals surface area contributed by atoms with Gasteiger partial charge in [-0.1, -0.05) is 36.3 Å². The van der Waals surface area contributed by atoms with E-state index >= 15 is 0 Å². The third-order valence-electron chi connectivity index (χ3n) is 3.51. The number of β-amino-alcohol motifs (C(OH)–C–C–N with tert-alkyl or cyclic N) is 1. The Kier molecular flexibility index (Phi) is 4.20. The predicted octanol–water partition coefficient (Wildman–Crippen LogP) is 2.83. The topological polar surface area (TPSA) is 72.2 Å². The lowest BCUT2D eigenvalue weighted by Crippen LogP contribution is -2.42. The van der Waals surface area contributed by atoms with Gasteiger partial charge in [0.15, 0.2) is 0 Å². The lowest BCUT2D eigenvalue weighted by atomic mass is 9.96. The fourth-order valence-corrected chi connectivity index (χ4v) is 2.24. The van der Waals surface area contributed by atoms with Crippen molar-refractivity contribution in [3.05, 3.63) is 40.3 Å². The van der Waals surface area contributed by atoms with E-state index in [1.54, 1.807) is 0 Å². The molecule has 96 valence electrons. The van der Waals surface area contributed by atoms with Crippen LogP contribution in [-0.2, 0) is 6.54 Å². The molecule has 0 aromatic heterocycles. The van der Waals surface area contributed by atoms with Crippen molar-refractivity contribution in [3.63, 3.8) is 0 Å². The quantitative estimate of drug-likeness (QED) is 0.506. The maximum Gasteiger partial charge on any atom is 0.0693 e. The first-order valence-electron chi connectivity index (χ1n) is 6.23. The van der Waals surface area contributed by atoms with Crippen molar-refractivity contribution in [1.29, 1.82) is 0 Å². The second-order valence-corrected chi connectivity index (χ2v) is 4.92. The lowest BCUT2D eigenvalue weighted by Gasteiger charge is -2.34. The van der Waals surface area contributed by atoms with Crippen molar-refractivity contribution in [2.45, 2.75) is 26.0 Å². The number of rotatable bonds is 3. The number of likely N-dealkylation sites (tertiary alicyclic amines) is 1. The highest BCUT2D eigenvalue weighted by Gasteiger charge is 2.23. The van der Waals surface area contributed by atoms with Crippen LogP contribution in [0.15, 0.2) is 29.4 Å². The van der Waals surface area contributed by atoms with Crippen LogP contribution in [0.1, 0.15) is 18.9 Å². The molecule has 0 spiro atoms. The molecule has 1 aliphatic heterocycles. The lowest BCUT2D eigenvalue weighted by molar-refractivity contribution is 0.0259. The van der Waals surface area contributed by atoms with E-state index in [2.05, 4.69) is 21.8 Å². The van der Waals surface area contributed by atoms with Crippen LogP contribution in [-0.4, -0.2) is 29.2 Å². The fraction of sp³-hybridized carbons (Fsp3) is 0.538. The Morgan fingerprint density at radius 2 is 2.17 bits per heavy atom. The average Bonchev–Trinajstić information content (AvgIpc) is 2.37. The van der Waals surface area contributed by atoms with E-state index in [9.17, 15) is 5.11 Å². The van der Waals surface area contributed by atoms with E-state index in [0.29, 0.717) is 11.6 Å². The summed E-state index contributed by atoms with van der Waals surface area (Å²) in [6.45, 7) is 4.69. The summed E-state index contributed by atoms with van der Waals surface area (Å²) in [4.78, 5) is 5.01. The first-order valence-corrected chi connectivity index (χ1v) is 6.23. The van der Waals surface area contributed by atoms with E-state index in [4.69, 9.17) is 5.53 Å². The molecule has 0 radical (unpaired) electrons. The van der Waals surface area contributed by atoms with E-state index in [0.717, 1.165) is 26.1 Å². The summed E-state index contributed by atoms with van der Waals surface area (Å²) < 4.78 is 0. The van der Waals surface area contributed by atoms with Gasteiger partial charge in [0.05, 0.1) is 6.10 Å². The molecular weight excluding hydrogens is 228 g/mol. The first kappa shape index (κ1) is 12.9. The van der Waals surface area contributed by atoms with Crippen LogP contribution in [0.4, 0.5) is 5.69 Å². The minimum absolute atomic E-state index is 0.221. The van der Waals surface area contributed by atoms with Gasteiger partial charge in [0, 0.05) is 23.7 Å². The Bertz CT molecular complexity index is 439. The minimum atomic E-state index is -0.221. The SMILES string of the molecule is CC1CCN(Cc2ccc(N=[N+]=[N-])cc2)CC1O. The molecule has 0 amide bonds. The van der Waals surface area contributed by atoms with Gasteiger partial charge in [-0.3, -0.25) is 4.90 Å². The Morgan fingerprint density at radius 1 is 1.44 bits per heavy atom. The molecule has 1 aliphatic rings. The molecule has 5 heteroatoms. The molecule has 0 bridgehead atoms. The van der Waals surface area contributed by atoms with Crippen LogP contribution in [0.3, 0.4) is 0 Å². The summed E-state index contributed by atoms with van der Waals surface area (Å²) in [5, 5.41) is 13.4. The van der Waals surface area contributed by atoms with E-state index in [-0.39, 0.29) is 6.10 Å². The zero-order valence-corrected chi connectivity index (χ0v) is 10.5. The van der Waals surface area contributed by atoms with Crippen LogP contribution in [0.2, 0.25) is 0 Å². The number of benzene rings is 1. The van der Waals surface area contributed by atoms with Gasteiger partial charge in [0.25, 0.3) is 0 Å². The molecule has 1 heterocycles. The summed E-state index contributed by atoms with van der Waals surface area (Å²) in [6, 6.07) is 7.57. The predicted molar refractivity (Wildman–Crippen MR) is 70.3 cm³/mol. The highest BCUT2D eigenvalue weighted by atomic mass is 16.3. The smallest absolute Gasteiger partial charge is 0.0693 e. The largest absolute Gasteiger partial charge is 0.392 e. The first-order chi connectivity index (χ1) is 8.69. The molecule has 0 saturated carbocycles. The van der Waals surface area contributed by atoms with Crippen LogP contribution < -0.4 is 0 Å². The number of hydrogen-bond donors (Lipinski definition) is 1. The number of hydrogen-bond acceptors (Lipinski definition) is 3. The Balaban J connectivity index is 1.95. The highest BCUT2D eigenvalue weighted by molar-refractivity contribution is 5.38. The van der Waals surface area contributed by atoms with Gasteiger partial charge in [-0.25, -0.2) is 0 Å². The van der Waals surface area contributed by atoms with Crippen molar-refractivity contribution in [3.8, 4) is 0 Å². The van der Waals surface area contributed by atoms with Crippen LogP contribution >= 0.6 is 0 Å². The number of azide groups is 1. The highest BCUT2D eigenvalue weighted by Crippen LogP contribution is 2.20. The van der Waals surface area contributed by atoms with Crippen molar-refractivity contribution >= 4 is 5.69 Å². The maximum absolute atomic E-state index is 9.84. The van der Waals surface area contributed by atoms with Crippen LogP contribution in [0.25, 0.3) is 10.4 Å². The molecule has 0 aliphatic carbocycles. The zero-order chi connectivity index (χ0) is 13.0. The maximum atomic E-state index is 9.84. The molecular formula is C13H18N4O. The Morgan fingerprint density at radius 3 is 2.78 bits per heavy atom. The Hall–Kier alpha value is -1.55. The van der Waals surface area contributed by atoms with Gasteiger partial charge < -0.3 is 5.11 Å². The van der Waals surface area contributed by atoms with E-state index in [1.165, 1.54) is 5.56 Å². The van der Waals surface area contributed by atoms with Gasteiger partial charge in [-0.05, 0) is 30.0 Å². The van der Waals surface area contributed by atoms with Crippen molar-refractivity contribution < 1.29 is 5.11 Å². The zero-order valence-electron chi connectivity index (χ0n) is 10.5. The second kappa shape index (κ2) is 5.87. The molecule has 1 fully saturated rings. The molecule has 1 aromatic carbocycles.